The highest BCUT2D eigenvalue weighted by molar-refractivity contribution is 6.03. The third kappa shape index (κ3) is 3.51. The van der Waals surface area contributed by atoms with Gasteiger partial charge in [0.15, 0.2) is 0 Å². The molecule has 1 N–H and O–H groups in total. The van der Waals surface area contributed by atoms with Crippen LogP contribution < -0.4 is 5.32 Å². The molecule has 4 heterocycles. The highest BCUT2D eigenvalue weighted by atomic mass is 16.2. The van der Waals surface area contributed by atoms with Gasteiger partial charge in [-0.3, -0.25) is 19.7 Å². The van der Waals surface area contributed by atoms with E-state index in [-0.39, 0.29) is 36.9 Å². The number of rotatable bonds is 4. The lowest BCUT2D eigenvalue weighted by Gasteiger charge is -2.36. The molecule has 5 amide bonds. The molecule has 0 radical (unpaired) electrons. The van der Waals surface area contributed by atoms with Crippen molar-refractivity contribution in [2.45, 2.75) is 25.4 Å². The van der Waals surface area contributed by atoms with Crippen molar-refractivity contribution in [1.82, 2.24) is 20.0 Å². The molecular formula is C19H22N4O4. The summed E-state index contributed by atoms with van der Waals surface area (Å²) in [5.41, 5.74) is 1.07. The van der Waals surface area contributed by atoms with Crippen LogP contribution >= 0.6 is 0 Å². The quantitative estimate of drug-likeness (QED) is 0.766. The van der Waals surface area contributed by atoms with Crippen molar-refractivity contribution in [2.24, 2.45) is 5.92 Å². The van der Waals surface area contributed by atoms with Crippen LogP contribution in [0.15, 0.2) is 30.3 Å². The summed E-state index contributed by atoms with van der Waals surface area (Å²) in [6.45, 7) is 1.17. The monoisotopic (exact) mass is 370 g/mol. The molecule has 0 aromatic heterocycles. The Hall–Kier alpha value is -2.90. The number of carbonyl (C=O) groups excluding carboxylic acids is 4. The Morgan fingerprint density at radius 1 is 1.07 bits per heavy atom. The third-order valence-electron chi connectivity index (χ3n) is 5.54. The molecule has 4 aliphatic heterocycles. The molecule has 1 aromatic carbocycles. The molecule has 5 rings (SSSR count). The number of benzene rings is 1. The molecule has 2 bridgehead atoms. The van der Waals surface area contributed by atoms with E-state index in [0.29, 0.717) is 19.6 Å². The first kappa shape index (κ1) is 17.5. The Balaban J connectivity index is 1.45. The van der Waals surface area contributed by atoms with Gasteiger partial charge in [-0.2, -0.15) is 0 Å². The number of imide groups is 1. The highest BCUT2D eigenvalue weighted by Crippen LogP contribution is 2.30. The summed E-state index contributed by atoms with van der Waals surface area (Å²) in [4.78, 5) is 53.4. The van der Waals surface area contributed by atoms with E-state index in [0.717, 1.165) is 18.4 Å². The van der Waals surface area contributed by atoms with Gasteiger partial charge in [0.1, 0.15) is 13.1 Å². The number of hydrogen-bond donors (Lipinski definition) is 1. The van der Waals surface area contributed by atoms with Crippen molar-refractivity contribution >= 4 is 23.8 Å². The minimum absolute atomic E-state index is 0.0190. The van der Waals surface area contributed by atoms with Gasteiger partial charge in [-0.1, -0.05) is 30.3 Å². The smallest absolute Gasteiger partial charge is 0.325 e. The molecule has 0 aliphatic carbocycles. The maximum absolute atomic E-state index is 12.9. The predicted octanol–water partition coefficient (Wildman–Crippen LogP) is 0.188. The van der Waals surface area contributed by atoms with Gasteiger partial charge in [-0.05, 0) is 18.4 Å². The Kier molecular flexibility index (Phi) is 4.55. The first-order chi connectivity index (χ1) is 13.0. The molecule has 2 unspecified atom stereocenters. The molecule has 8 heteroatoms. The van der Waals surface area contributed by atoms with Gasteiger partial charge in [0, 0.05) is 25.7 Å². The van der Waals surface area contributed by atoms with Gasteiger partial charge in [0.25, 0.3) is 0 Å². The Bertz CT molecular complexity index is 781. The molecule has 8 nitrogen and oxygen atoms in total. The average Bonchev–Trinajstić information content (AvgIpc) is 2.82. The number of amides is 5. The summed E-state index contributed by atoms with van der Waals surface area (Å²) in [6.07, 6.45) is 1.65. The number of carbonyl (C=O) groups is 4. The van der Waals surface area contributed by atoms with Crippen LogP contribution in [0.2, 0.25) is 0 Å². The minimum Gasteiger partial charge on any atom is -0.338 e. The zero-order valence-electron chi connectivity index (χ0n) is 15.0. The lowest BCUT2D eigenvalue weighted by atomic mass is 9.93. The van der Waals surface area contributed by atoms with Crippen LogP contribution in [-0.4, -0.2) is 70.7 Å². The summed E-state index contributed by atoms with van der Waals surface area (Å²) in [7, 11) is 0. The average molecular weight is 370 g/mol. The fraction of sp³-hybridized carbons (Fsp3) is 0.474. The minimum atomic E-state index is -0.534. The summed E-state index contributed by atoms with van der Waals surface area (Å²) < 4.78 is 0. The van der Waals surface area contributed by atoms with Crippen LogP contribution in [0.5, 0.6) is 0 Å². The van der Waals surface area contributed by atoms with Gasteiger partial charge >= 0.3 is 6.03 Å². The molecule has 4 saturated heterocycles. The zero-order valence-corrected chi connectivity index (χ0v) is 15.0. The van der Waals surface area contributed by atoms with Crippen LogP contribution in [0.1, 0.15) is 18.4 Å². The van der Waals surface area contributed by atoms with Crippen LogP contribution in [-0.2, 0) is 20.9 Å². The number of nitrogens with one attached hydrogen (secondary N) is 1. The molecular weight excluding hydrogens is 348 g/mol. The number of hydrogen-bond acceptors (Lipinski definition) is 4. The Labute approximate surface area is 157 Å². The van der Waals surface area contributed by atoms with Crippen LogP contribution in [0.4, 0.5) is 4.79 Å². The van der Waals surface area contributed by atoms with Crippen LogP contribution in [0.3, 0.4) is 0 Å². The standard InChI is InChI=1S/C19H22N4O4/c24-16-11-22(19(27)20-16)12-17(25)21-9-14-6-7-15(10-21)23(18(14)26)8-13-4-2-1-3-5-13/h1-5,14-15H,6-12H2,(H,20,24,27). The van der Waals surface area contributed by atoms with Gasteiger partial charge in [-0.25, -0.2) is 4.79 Å². The predicted molar refractivity (Wildman–Crippen MR) is 95.2 cm³/mol. The second-order valence-corrected chi connectivity index (χ2v) is 7.39. The van der Waals surface area contributed by atoms with E-state index < -0.39 is 11.9 Å². The molecule has 0 spiro atoms. The van der Waals surface area contributed by atoms with Crippen molar-refractivity contribution in [3.63, 3.8) is 0 Å². The summed E-state index contributed by atoms with van der Waals surface area (Å²) in [5.74, 6) is -0.719. The highest BCUT2D eigenvalue weighted by Gasteiger charge is 2.42. The van der Waals surface area contributed by atoms with E-state index in [2.05, 4.69) is 5.32 Å². The SMILES string of the molecule is O=C1CN(CC(=O)N2CC3CCC(C2)N(Cc2ccccc2)C3=O)C(=O)N1. The van der Waals surface area contributed by atoms with E-state index in [4.69, 9.17) is 0 Å². The van der Waals surface area contributed by atoms with Gasteiger partial charge in [0.05, 0.1) is 5.92 Å². The largest absolute Gasteiger partial charge is 0.338 e. The number of nitrogens with zero attached hydrogens (tertiary/aromatic N) is 3. The van der Waals surface area contributed by atoms with E-state index >= 15 is 0 Å². The third-order valence-corrected chi connectivity index (χ3v) is 5.54. The molecule has 0 saturated carbocycles. The number of fused-ring (bicyclic) bond motifs is 4. The van der Waals surface area contributed by atoms with E-state index in [1.165, 1.54) is 4.90 Å². The van der Waals surface area contributed by atoms with Crippen molar-refractivity contribution in [2.75, 3.05) is 26.2 Å². The van der Waals surface area contributed by atoms with Crippen molar-refractivity contribution in [1.29, 1.82) is 0 Å². The van der Waals surface area contributed by atoms with Gasteiger partial charge < -0.3 is 14.7 Å². The van der Waals surface area contributed by atoms with Crippen LogP contribution in [0, 0.1) is 5.92 Å². The number of urea groups is 1. The normalized spacial score (nSPS) is 25.0. The lowest BCUT2D eigenvalue weighted by Crippen LogP contribution is -2.48. The second-order valence-electron chi connectivity index (χ2n) is 7.39. The van der Waals surface area contributed by atoms with E-state index in [1.54, 1.807) is 4.90 Å². The first-order valence-corrected chi connectivity index (χ1v) is 9.22. The summed E-state index contributed by atoms with van der Waals surface area (Å²) in [6, 6.07) is 9.29. The maximum atomic E-state index is 12.9. The second kappa shape index (κ2) is 7.02. The molecule has 2 atom stereocenters. The van der Waals surface area contributed by atoms with Crippen molar-refractivity contribution in [3.8, 4) is 0 Å². The Morgan fingerprint density at radius 3 is 2.56 bits per heavy atom. The number of piperidine rings is 1. The molecule has 142 valence electrons. The van der Waals surface area contributed by atoms with Crippen LogP contribution in [0.25, 0.3) is 0 Å². The van der Waals surface area contributed by atoms with Gasteiger partial charge in [0.2, 0.25) is 17.7 Å². The topological polar surface area (TPSA) is 90.0 Å². The molecule has 1 aromatic rings. The fourth-order valence-electron chi connectivity index (χ4n) is 4.11. The molecule has 27 heavy (non-hydrogen) atoms. The summed E-state index contributed by atoms with van der Waals surface area (Å²) >= 11 is 0. The molecule has 4 fully saturated rings. The zero-order chi connectivity index (χ0) is 19.0. The van der Waals surface area contributed by atoms with Crippen molar-refractivity contribution in [3.05, 3.63) is 35.9 Å². The van der Waals surface area contributed by atoms with E-state index in [1.807, 2.05) is 35.2 Å². The summed E-state index contributed by atoms with van der Waals surface area (Å²) in [5, 5.41) is 2.17. The fourth-order valence-corrected chi connectivity index (χ4v) is 4.11. The molecule has 4 aliphatic rings. The maximum Gasteiger partial charge on any atom is 0.325 e. The van der Waals surface area contributed by atoms with E-state index in [9.17, 15) is 19.2 Å². The first-order valence-electron chi connectivity index (χ1n) is 9.22. The Morgan fingerprint density at radius 2 is 1.85 bits per heavy atom. The van der Waals surface area contributed by atoms with Gasteiger partial charge in [-0.15, -0.1) is 0 Å². The lowest BCUT2D eigenvalue weighted by molar-refractivity contribution is -0.140. The van der Waals surface area contributed by atoms with Crippen molar-refractivity contribution < 1.29 is 19.2 Å².